The normalized spacial score (nSPS) is 14.3. The molecule has 0 aromatic carbocycles. The van der Waals surface area contributed by atoms with Crippen LogP contribution in [0, 0.1) is 0 Å². The monoisotopic (exact) mass is 1160 g/mol. The van der Waals surface area contributed by atoms with E-state index >= 15 is 0 Å². The zero-order chi connectivity index (χ0) is 59.8. The number of hydrogen-bond donors (Lipinski definition) is 1. The van der Waals surface area contributed by atoms with E-state index in [1.54, 1.807) is 0 Å². The zero-order valence-corrected chi connectivity index (χ0v) is 53.6. The summed E-state index contributed by atoms with van der Waals surface area (Å²) in [5, 5.41) is 0. The lowest BCUT2D eigenvalue weighted by atomic mass is 10.1. The Labute approximate surface area is 503 Å². The topological polar surface area (TPSA) is 108 Å². The van der Waals surface area contributed by atoms with Gasteiger partial charge in [-0.25, -0.2) is 4.57 Å². The summed E-state index contributed by atoms with van der Waals surface area (Å²) in [6.45, 7) is 4.25. The van der Waals surface area contributed by atoms with Crippen LogP contribution in [0.15, 0.2) is 158 Å². The van der Waals surface area contributed by atoms with Gasteiger partial charge in [0.1, 0.15) is 19.8 Å². The Morgan fingerprint density at radius 1 is 0.390 bits per heavy atom. The molecule has 0 saturated carbocycles. The van der Waals surface area contributed by atoms with Gasteiger partial charge in [-0.05, 0) is 128 Å². The predicted octanol–water partition coefficient (Wildman–Crippen LogP) is 20.8. The molecule has 2 unspecified atom stereocenters. The number of nitrogens with zero attached hydrogens (tertiary/aromatic N) is 1. The van der Waals surface area contributed by atoms with E-state index < -0.39 is 26.5 Å². The lowest BCUT2D eigenvalue weighted by molar-refractivity contribution is -0.870. The molecule has 0 aliphatic carbocycles. The highest BCUT2D eigenvalue weighted by molar-refractivity contribution is 7.47. The molecule has 0 rings (SSSR count). The molecule has 10 heteroatoms. The van der Waals surface area contributed by atoms with E-state index in [-0.39, 0.29) is 32.0 Å². The van der Waals surface area contributed by atoms with Crippen LogP contribution >= 0.6 is 7.82 Å². The largest absolute Gasteiger partial charge is 0.472 e. The first-order chi connectivity index (χ1) is 40.0. The van der Waals surface area contributed by atoms with Crippen molar-refractivity contribution in [2.45, 2.75) is 238 Å². The van der Waals surface area contributed by atoms with Gasteiger partial charge in [0.25, 0.3) is 0 Å². The van der Waals surface area contributed by atoms with Crippen molar-refractivity contribution in [1.82, 2.24) is 0 Å². The van der Waals surface area contributed by atoms with Gasteiger partial charge in [-0.3, -0.25) is 18.6 Å². The second kappa shape index (κ2) is 61.2. The van der Waals surface area contributed by atoms with Gasteiger partial charge in [-0.2, -0.15) is 0 Å². The van der Waals surface area contributed by atoms with Gasteiger partial charge < -0.3 is 18.9 Å². The number of esters is 2. The van der Waals surface area contributed by atoms with E-state index in [0.717, 1.165) is 128 Å². The van der Waals surface area contributed by atoms with Gasteiger partial charge in [0.2, 0.25) is 0 Å². The SMILES string of the molecule is CC/C=C\C/C=C\C/C=C\C/C=C\C/C=C\C/C=C\C/C=C\C/C=C\C/C=C\C/C=C\C/C=C\CCCCCC(=O)OC(COC(=O)CCCCCCCCCCC/C=C\C/C=C\CCCCCCC)COP(=O)(O)OCC[N+](C)(C)C. The van der Waals surface area contributed by atoms with Crippen LogP contribution < -0.4 is 0 Å². The Bertz CT molecular complexity index is 1940. The Morgan fingerprint density at radius 3 is 1.05 bits per heavy atom. The number of phosphoric ester groups is 1. The fourth-order valence-corrected chi connectivity index (χ4v) is 8.85. The summed E-state index contributed by atoms with van der Waals surface area (Å²) in [5.74, 6) is -0.851. The van der Waals surface area contributed by atoms with Crippen molar-refractivity contribution in [2.75, 3.05) is 47.5 Å². The highest BCUT2D eigenvalue weighted by Crippen LogP contribution is 2.43. The molecule has 0 amide bonds. The van der Waals surface area contributed by atoms with Crippen molar-refractivity contribution in [3.05, 3.63) is 158 Å². The number of allylic oxidation sites excluding steroid dienone is 26. The van der Waals surface area contributed by atoms with Crippen molar-refractivity contribution in [3.63, 3.8) is 0 Å². The number of likely N-dealkylation sites (N-methyl/N-ethyl adjacent to an activating group) is 1. The summed E-state index contributed by atoms with van der Waals surface area (Å²) in [4.78, 5) is 35.8. The maximum absolute atomic E-state index is 12.8. The molecule has 0 aliphatic heterocycles. The minimum Gasteiger partial charge on any atom is -0.462 e. The lowest BCUT2D eigenvalue weighted by Crippen LogP contribution is -2.37. The van der Waals surface area contributed by atoms with Gasteiger partial charge in [-0.1, -0.05) is 249 Å². The Hall–Kier alpha value is -4.37. The molecule has 0 aliphatic rings. The maximum Gasteiger partial charge on any atom is 0.472 e. The number of ether oxygens (including phenoxy) is 2. The molecule has 0 heterocycles. The van der Waals surface area contributed by atoms with Gasteiger partial charge in [0, 0.05) is 12.8 Å². The molecule has 0 spiro atoms. The summed E-state index contributed by atoms with van der Waals surface area (Å²) in [5.41, 5.74) is 0. The van der Waals surface area contributed by atoms with Crippen LogP contribution in [-0.2, 0) is 32.7 Å². The van der Waals surface area contributed by atoms with Crippen molar-refractivity contribution in [2.24, 2.45) is 0 Å². The van der Waals surface area contributed by atoms with Crippen molar-refractivity contribution in [3.8, 4) is 0 Å². The Balaban J connectivity index is 4.25. The van der Waals surface area contributed by atoms with E-state index in [1.165, 1.54) is 70.6 Å². The molecule has 9 nitrogen and oxygen atoms in total. The quantitative estimate of drug-likeness (QED) is 0.0211. The highest BCUT2D eigenvalue weighted by atomic mass is 31.2. The van der Waals surface area contributed by atoms with Crippen molar-refractivity contribution >= 4 is 19.8 Å². The minimum absolute atomic E-state index is 0.0155. The van der Waals surface area contributed by atoms with Gasteiger partial charge in [0.15, 0.2) is 6.10 Å². The average Bonchev–Trinajstić information content (AvgIpc) is 3.46. The second-order valence-corrected chi connectivity index (χ2v) is 23.5. The third kappa shape index (κ3) is 64.8. The molecular formula is C72H119NO8P+. The van der Waals surface area contributed by atoms with Crippen LogP contribution in [-0.4, -0.2) is 74.9 Å². The second-order valence-electron chi connectivity index (χ2n) is 22.1. The van der Waals surface area contributed by atoms with Crippen LogP contribution in [0.4, 0.5) is 0 Å². The van der Waals surface area contributed by atoms with E-state index in [4.69, 9.17) is 18.5 Å². The molecule has 0 bridgehead atoms. The van der Waals surface area contributed by atoms with Crippen LogP contribution in [0.25, 0.3) is 0 Å². The molecule has 0 saturated heterocycles. The van der Waals surface area contributed by atoms with E-state index in [9.17, 15) is 19.0 Å². The smallest absolute Gasteiger partial charge is 0.462 e. The van der Waals surface area contributed by atoms with Crippen LogP contribution in [0.1, 0.15) is 232 Å². The summed E-state index contributed by atoms with van der Waals surface area (Å²) >= 11 is 0. The number of hydrogen-bond acceptors (Lipinski definition) is 7. The van der Waals surface area contributed by atoms with E-state index in [0.29, 0.717) is 17.4 Å². The summed E-state index contributed by atoms with van der Waals surface area (Å²) in [6, 6.07) is 0. The number of phosphoric acid groups is 1. The Morgan fingerprint density at radius 2 is 0.695 bits per heavy atom. The highest BCUT2D eigenvalue weighted by Gasteiger charge is 2.27. The van der Waals surface area contributed by atoms with E-state index in [1.807, 2.05) is 21.1 Å². The van der Waals surface area contributed by atoms with Gasteiger partial charge >= 0.3 is 19.8 Å². The van der Waals surface area contributed by atoms with Crippen molar-refractivity contribution < 1.29 is 42.1 Å². The summed E-state index contributed by atoms with van der Waals surface area (Å²) in [6.07, 6.45) is 91.8. The fourth-order valence-electron chi connectivity index (χ4n) is 8.11. The maximum atomic E-state index is 12.8. The summed E-state index contributed by atoms with van der Waals surface area (Å²) in [7, 11) is 1.43. The molecular weight excluding hydrogens is 1040 g/mol. The third-order valence-electron chi connectivity index (χ3n) is 13.0. The average molecular weight is 1160 g/mol. The first-order valence-electron chi connectivity index (χ1n) is 32.2. The first kappa shape index (κ1) is 77.6. The van der Waals surface area contributed by atoms with Crippen LogP contribution in [0.2, 0.25) is 0 Å². The molecule has 0 radical (unpaired) electrons. The molecule has 82 heavy (non-hydrogen) atoms. The molecule has 0 fully saturated rings. The fraction of sp³-hybridized carbons (Fsp3) is 0.611. The first-order valence-corrected chi connectivity index (χ1v) is 33.7. The molecule has 0 aromatic heterocycles. The van der Waals surface area contributed by atoms with E-state index in [2.05, 4.69) is 172 Å². The number of quaternary nitrogens is 1. The number of unbranched alkanes of at least 4 members (excludes halogenated alkanes) is 17. The number of rotatable bonds is 57. The zero-order valence-electron chi connectivity index (χ0n) is 52.7. The number of carbonyl (C=O) groups is 2. The third-order valence-corrected chi connectivity index (χ3v) is 14.0. The standard InChI is InChI=1S/C72H118NO8P/c1-6-8-10-12-14-16-18-20-22-24-26-28-29-30-31-32-33-34-35-36-37-38-39-40-41-42-43-45-47-49-51-53-55-57-59-61-63-65-72(75)81-70(69-80-82(76,77)79-67-66-73(3,4)5)68-78-71(74)64-62-60-58-56-54-52-50-48-46-44-27-25-23-21-19-17-15-13-11-9-7-2/h8,10,14,16,19-22,25-28,30-31,33-34,36-37,39-40,42-43,47,49,53,55,70H,6-7,9,11-13,15,17-18,23-24,29,32,35,38,41,44-46,48,50-52,54,56-69H2,1-5H3/p+1/b10-8-,16-14-,21-19-,22-20-,27-25-,28-26-,31-30-,34-33-,37-36-,40-39-,43-42-,49-47-,55-53-. The molecule has 1 N–H and O–H groups in total. The lowest BCUT2D eigenvalue weighted by Gasteiger charge is -2.24. The molecule has 0 aromatic rings. The summed E-state index contributed by atoms with van der Waals surface area (Å²) < 4.78 is 34.6. The van der Waals surface area contributed by atoms with Crippen molar-refractivity contribution in [1.29, 1.82) is 0 Å². The van der Waals surface area contributed by atoms with Crippen LogP contribution in [0.3, 0.4) is 0 Å². The molecule has 464 valence electrons. The molecule has 2 atom stereocenters. The predicted molar refractivity (Wildman–Crippen MR) is 353 cm³/mol. The number of carbonyl (C=O) groups excluding carboxylic acids is 2. The minimum atomic E-state index is -4.41. The Kier molecular flexibility index (Phi) is 57.9. The van der Waals surface area contributed by atoms with Gasteiger partial charge in [-0.15, -0.1) is 0 Å². The van der Waals surface area contributed by atoms with Gasteiger partial charge in [0.05, 0.1) is 27.7 Å². The van der Waals surface area contributed by atoms with Crippen LogP contribution in [0.5, 0.6) is 0 Å².